The fraction of sp³-hybridized carbons (Fsp3) is 0.471. The summed E-state index contributed by atoms with van der Waals surface area (Å²) in [6.45, 7) is 4.84. The third-order valence-corrected chi connectivity index (χ3v) is 5.93. The van der Waals surface area contributed by atoms with E-state index < -0.39 is 28.0 Å². The van der Waals surface area contributed by atoms with E-state index >= 15 is 0 Å². The summed E-state index contributed by atoms with van der Waals surface area (Å²) >= 11 is 0. The number of aryl methyl sites for hydroxylation is 1. The minimum Gasteiger partial charge on any atom is -0.486 e. The second kappa shape index (κ2) is 7.73. The molecule has 2 atom stereocenters. The molecule has 0 unspecified atom stereocenters. The Balaban J connectivity index is 1.78. The van der Waals surface area contributed by atoms with Gasteiger partial charge >= 0.3 is 0 Å². The molecule has 7 nitrogen and oxygen atoms in total. The van der Waals surface area contributed by atoms with Crippen molar-refractivity contribution in [3.63, 3.8) is 0 Å². The summed E-state index contributed by atoms with van der Waals surface area (Å²) < 4.78 is 54.4. The molecule has 1 saturated heterocycles. The Morgan fingerprint density at radius 2 is 2.27 bits per heavy atom. The molecule has 1 aromatic carbocycles. The van der Waals surface area contributed by atoms with Crippen LogP contribution in [-0.4, -0.2) is 43.6 Å². The van der Waals surface area contributed by atoms with E-state index in [0.29, 0.717) is 31.0 Å². The summed E-state index contributed by atoms with van der Waals surface area (Å²) in [5.41, 5.74) is 0.578. The van der Waals surface area contributed by atoms with E-state index in [-0.39, 0.29) is 11.5 Å². The normalized spacial score (nSPS) is 20.9. The van der Waals surface area contributed by atoms with Crippen LogP contribution >= 0.6 is 0 Å². The molecular weight excluding hydrogens is 361 g/mol. The first-order valence-electron chi connectivity index (χ1n) is 8.45. The minimum atomic E-state index is -3.76. The topological polar surface area (TPSA) is 82.5 Å². The molecular formula is C17H22FN3O4S. The third kappa shape index (κ3) is 4.05. The zero-order valence-corrected chi connectivity index (χ0v) is 15.5. The van der Waals surface area contributed by atoms with Gasteiger partial charge in [-0.3, -0.25) is 4.68 Å². The highest BCUT2D eigenvalue weighted by Gasteiger charge is 2.33. The lowest BCUT2D eigenvalue weighted by molar-refractivity contribution is -0.00938. The maximum Gasteiger partial charge on any atom is 0.244 e. The molecule has 1 fully saturated rings. The van der Waals surface area contributed by atoms with Gasteiger partial charge in [0.2, 0.25) is 10.0 Å². The molecule has 0 bridgehead atoms. The van der Waals surface area contributed by atoms with Gasteiger partial charge in [-0.1, -0.05) is 6.07 Å². The predicted molar refractivity (Wildman–Crippen MR) is 93.0 cm³/mol. The molecule has 0 saturated carbocycles. The molecule has 1 aromatic heterocycles. The van der Waals surface area contributed by atoms with E-state index in [1.807, 2.05) is 6.92 Å². The molecule has 1 N–H and O–H groups in total. The maximum atomic E-state index is 13.4. The minimum absolute atomic E-state index is 0.148. The van der Waals surface area contributed by atoms with Crippen LogP contribution in [0.2, 0.25) is 0 Å². The van der Waals surface area contributed by atoms with Crippen molar-refractivity contribution in [3.05, 3.63) is 42.0 Å². The van der Waals surface area contributed by atoms with Crippen LogP contribution in [-0.2, 0) is 21.3 Å². The van der Waals surface area contributed by atoms with Gasteiger partial charge in [-0.25, -0.2) is 17.5 Å². The summed E-state index contributed by atoms with van der Waals surface area (Å²) in [7, 11) is -3.76. The first kappa shape index (κ1) is 18.8. The van der Waals surface area contributed by atoms with Crippen LogP contribution in [0.5, 0.6) is 5.75 Å². The second-order valence-corrected chi connectivity index (χ2v) is 7.80. The predicted octanol–water partition coefficient (Wildman–Crippen LogP) is 1.87. The largest absolute Gasteiger partial charge is 0.486 e. The van der Waals surface area contributed by atoms with E-state index in [9.17, 15) is 12.8 Å². The molecule has 9 heteroatoms. The average molecular weight is 383 g/mol. The lowest BCUT2D eigenvalue weighted by Gasteiger charge is -2.32. The van der Waals surface area contributed by atoms with Crippen molar-refractivity contribution in [3.8, 4) is 5.75 Å². The summed E-state index contributed by atoms with van der Waals surface area (Å²) in [4.78, 5) is 0.148. The van der Waals surface area contributed by atoms with Crippen molar-refractivity contribution in [2.24, 2.45) is 0 Å². The number of sulfonamides is 1. The second-order valence-electron chi connectivity index (χ2n) is 6.12. The Bertz CT molecular complexity index is 869. The number of benzene rings is 1. The SMILES string of the molecule is CCn1ncc(S(=O)(=O)N[C@@H]2CCOC[C@H]2Oc2cccc(F)c2)c1C. The quantitative estimate of drug-likeness (QED) is 0.823. The Kier molecular flexibility index (Phi) is 5.59. The molecule has 3 rings (SSSR count). The van der Waals surface area contributed by atoms with Gasteiger partial charge in [0.25, 0.3) is 0 Å². The molecule has 0 spiro atoms. The van der Waals surface area contributed by atoms with Crippen molar-refractivity contribution < 1.29 is 22.3 Å². The lowest BCUT2D eigenvalue weighted by atomic mass is 10.1. The molecule has 0 aliphatic carbocycles. The van der Waals surface area contributed by atoms with Crippen molar-refractivity contribution >= 4 is 10.0 Å². The molecule has 2 aromatic rings. The zero-order valence-electron chi connectivity index (χ0n) is 14.7. The lowest BCUT2D eigenvalue weighted by Crippen LogP contribution is -2.51. The molecule has 0 amide bonds. The molecule has 1 aliphatic heterocycles. The van der Waals surface area contributed by atoms with Gasteiger partial charge in [0.15, 0.2) is 0 Å². The first-order chi connectivity index (χ1) is 12.4. The van der Waals surface area contributed by atoms with Crippen LogP contribution in [0.1, 0.15) is 19.0 Å². The third-order valence-electron chi connectivity index (χ3n) is 4.34. The number of nitrogens with zero attached hydrogens (tertiary/aromatic N) is 2. The van der Waals surface area contributed by atoms with Gasteiger partial charge in [-0.05, 0) is 32.4 Å². The van der Waals surface area contributed by atoms with Crippen LogP contribution in [0, 0.1) is 12.7 Å². The number of ether oxygens (including phenoxy) is 2. The van der Waals surface area contributed by atoms with Crippen molar-refractivity contribution in [2.75, 3.05) is 13.2 Å². The molecule has 2 heterocycles. The van der Waals surface area contributed by atoms with Crippen LogP contribution in [0.4, 0.5) is 4.39 Å². The van der Waals surface area contributed by atoms with E-state index in [1.54, 1.807) is 17.7 Å². The summed E-state index contributed by atoms with van der Waals surface area (Å²) in [6, 6.07) is 5.25. The number of rotatable bonds is 6. The van der Waals surface area contributed by atoms with Gasteiger partial charge in [0, 0.05) is 19.2 Å². The van der Waals surface area contributed by atoms with Crippen molar-refractivity contribution in [2.45, 2.75) is 43.9 Å². The van der Waals surface area contributed by atoms with Gasteiger partial charge < -0.3 is 9.47 Å². The van der Waals surface area contributed by atoms with Crippen LogP contribution in [0.25, 0.3) is 0 Å². The van der Waals surface area contributed by atoms with Crippen molar-refractivity contribution in [1.29, 1.82) is 0 Å². The first-order valence-corrected chi connectivity index (χ1v) is 9.93. The maximum absolute atomic E-state index is 13.4. The standard InChI is InChI=1S/C17H22FN3O4S/c1-3-21-12(2)17(10-19-21)26(22,23)20-15-7-8-24-11-16(15)25-14-6-4-5-13(18)9-14/h4-6,9-10,15-16,20H,3,7-8,11H2,1-2H3/t15-,16-/m1/s1. The number of aromatic nitrogens is 2. The van der Waals surface area contributed by atoms with Crippen molar-refractivity contribution in [1.82, 2.24) is 14.5 Å². The van der Waals surface area contributed by atoms with Gasteiger partial charge in [0.05, 0.1) is 24.5 Å². The number of hydrogen-bond donors (Lipinski definition) is 1. The summed E-state index contributed by atoms with van der Waals surface area (Å²) in [5.74, 6) is -0.0846. The van der Waals surface area contributed by atoms with E-state index in [1.165, 1.54) is 24.4 Å². The van der Waals surface area contributed by atoms with Gasteiger partial charge in [-0.15, -0.1) is 0 Å². The number of hydrogen-bond acceptors (Lipinski definition) is 5. The van der Waals surface area contributed by atoms with E-state index in [4.69, 9.17) is 9.47 Å². The fourth-order valence-corrected chi connectivity index (χ4v) is 4.43. The Labute approximate surface area is 152 Å². The monoisotopic (exact) mass is 383 g/mol. The highest BCUT2D eigenvalue weighted by Crippen LogP contribution is 2.21. The fourth-order valence-electron chi connectivity index (χ4n) is 2.95. The average Bonchev–Trinajstić information content (AvgIpc) is 2.98. The van der Waals surface area contributed by atoms with Gasteiger partial charge in [0.1, 0.15) is 22.6 Å². The van der Waals surface area contributed by atoms with Crippen LogP contribution in [0.15, 0.2) is 35.4 Å². The van der Waals surface area contributed by atoms with E-state index in [2.05, 4.69) is 9.82 Å². The zero-order chi connectivity index (χ0) is 18.7. The van der Waals surface area contributed by atoms with Crippen LogP contribution < -0.4 is 9.46 Å². The Hall–Kier alpha value is -1.97. The Morgan fingerprint density at radius 3 is 2.96 bits per heavy atom. The smallest absolute Gasteiger partial charge is 0.244 e. The molecule has 142 valence electrons. The van der Waals surface area contributed by atoms with Gasteiger partial charge in [-0.2, -0.15) is 5.10 Å². The summed E-state index contributed by atoms with van der Waals surface area (Å²) in [5, 5.41) is 4.09. The van der Waals surface area contributed by atoms with E-state index in [0.717, 1.165) is 0 Å². The number of nitrogens with one attached hydrogen (secondary N) is 1. The Morgan fingerprint density at radius 1 is 1.46 bits per heavy atom. The molecule has 0 radical (unpaired) electrons. The summed E-state index contributed by atoms with van der Waals surface area (Å²) in [6.07, 6.45) is 1.25. The molecule has 26 heavy (non-hydrogen) atoms. The highest BCUT2D eigenvalue weighted by molar-refractivity contribution is 7.89. The van der Waals surface area contributed by atoms with Crippen LogP contribution in [0.3, 0.4) is 0 Å². The molecule has 1 aliphatic rings. The highest BCUT2D eigenvalue weighted by atomic mass is 32.2. The number of halogens is 1.